The van der Waals surface area contributed by atoms with E-state index in [4.69, 9.17) is 0 Å². The normalized spacial score (nSPS) is 12.2. The predicted octanol–water partition coefficient (Wildman–Crippen LogP) is 3.27. The van der Waals surface area contributed by atoms with Crippen molar-refractivity contribution < 1.29 is 8.42 Å². The van der Waals surface area contributed by atoms with Crippen LogP contribution in [0.2, 0.25) is 0 Å². The molecule has 1 N–H and O–H groups in total. The number of hydrogen-bond acceptors (Lipinski definition) is 3. The first-order valence-electron chi connectivity index (χ1n) is 7.03. The molecule has 21 heavy (non-hydrogen) atoms. The fourth-order valence-electron chi connectivity index (χ4n) is 2.70. The third kappa shape index (κ3) is 3.56. The lowest BCUT2D eigenvalue weighted by molar-refractivity contribution is 0.571. The van der Waals surface area contributed by atoms with E-state index in [1.165, 1.54) is 28.3 Å². The molecule has 0 aliphatic carbocycles. The third-order valence-electron chi connectivity index (χ3n) is 3.55. The summed E-state index contributed by atoms with van der Waals surface area (Å²) in [5, 5.41) is 1.77. The monoisotopic (exact) mass is 326 g/mol. The minimum absolute atomic E-state index is 0.371. The van der Waals surface area contributed by atoms with Crippen molar-refractivity contribution in [1.82, 2.24) is 9.29 Å². The maximum Gasteiger partial charge on any atom is 0.250 e. The molecule has 0 fully saturated rings. The van der Waals surface area contributed by atoms with E-state index in [9.17, 15) is 8.42 Å². The van der Waals surface area contributed by atoms with Gasteiger partial charge in [0, 0.05) is 24.0 Å². The highest BCUT2D eigenvalue weighted by Gasteiger charge is 2.15. The number of thiophene rings is 1. The summed E-state index contributed by atoms with van der Waals surface area (Å²) in [4.78, 5) is 0. The molecule has 0 atom stereocenters. The zero-order chi connectivity index (χ0) is 15.6. The molecule has 0 radical (unpaired) electrons. The van der Waals surface area contributed by atoms with Crippen LogP contribution < -0.4 is 4.72 Å². The Labute approximate surface area is 130 Å². The first-order chi connectivity index (χ1) is 9.83. The van der Waals surface area contributed by atoms with Gasteiger partial charge in [0.1, 0.15) is 4.21 Å². The molecule has 2 rings (SSSR count). The molecule has 2 aromatic heterocycles. The van der Waals surface area contributed by atoms with Gasteiger partial charge in [-0.2, -0.15) is 0 Å². The lowest BCUT2D eigenvalue weighted by Gasteiger charge is -2.13. The lowest BCUT2D eigenvalue weighted by atomic mass is 10.2. The smallest absolute Gasteiger partial charge is 0.250 e. The van der Waals surface area contributed by atoms with Crippen LogP contribution in [0.15, 0.2) is 27.8 Å². The van der Waals surface area contributed by atoms with E-state index in [-0.39, 0.29) is 0 Å². The molecule has 0 amide bonds. The van der Waals surface area contributed by atoms with E-state index in [1.807, 2.05) is 0 Å². The van der Waals surface area contributed by atoms with Crippen LogP contribution in [-0.2, 0) is 16.4 Å². The van der Waals surface area contributed by atoms with Crippen LogP contribution in [0, 0.1) is 13.8 Å². The number of nitrogens with zero attached hydrogens (tertiary/aromatic N) is 1. The minimum atomic E-state index is -3.36. The van der Waals surface area contributed by atoms with Crippen molar-refractivity contribution in [2.45, 2.75) is 44.4 Å². The van der Waals surface area contributed by atoms with E-state index in [0.717, 1.165) is 0 Å². The van der Waals surface area contributed by atoms with Crippen molar-refractivity contribution >= 4 is 21.4 Å². The van der Waals surface area contributed by atoms with Gasteiger partial charge in [0.05, 0.1) is 0 Å². The summed E-state index contributed by atoms with van der Waals surface area (Å²) >= 11 is 1.24. The van der Waals surface area contributed by atoms with Crippen LogP contribution in [0.4, 0.5) is 0 Å². The highest BCUT2D eigenvalue weighted by atomic mass is 32.2. The molecule has 116 valence electrons. The Morgan fingerprint density at radius 1 is 1.33 bits per heavy atom. The first kappa shape index (κ1) is 16.3. The topological polar surface area (TPSA) is 51.1 Å². The number of rotatable bonds is 6. The summed E-state index contributed by atoms with van der Waals surface area (Å²) < 4.78 is 29.4. The lowest BCUT2D eigenvalue weighted by Crippen LogP contribution is -2.25. The van der Waals surface area contributed by atoms with E-state index in [0.29, 0.717) is 23.2 Å². The zero-order valence-electron chi connectivity index (χ0n) is 12.9. The summed E-state index contributed by atoms with van der Waals surface area (Å²) in [5.74, 6) is 0. The summed E-state index contributed by atoms with van der Waals surface area (Å²) in [5.41, 5.74) is 3.64. The Morgan fingerprint density at radius 2 is 2.05 bits per heavy atom. The van der Waals surface area contributed by atoms with Crippen molar-refractivity contribution in [2.75, 3.05) is 6.54 Å². The van der Waals surface area contributed by atoms with E-state index >= 15 is 0 Å². The Hall–Kier alpha value is -1.11. The Kier molecular flexibility index (Phi) is 4.91. The van der Waals surface area contributed by atoms with E-state index < -0.39 is 10.0 Å². The Bertz CT molecular complexity index is 698. The largest absolute Gasteiger partial charge is 0.346 e. The summed E-state index contributed by atoms with van der Waals surface area (Å²) in [6, 6.07) is 5.93. The second kappa shape index (κ2) is 6.34. The molecule has 4 nitrogen and oxygen atoms in total. The van der Waals surface area contributed by atoms with Crippen LogP contribution in [0.5, 0.6) is 0 Å². The fourth-order valence-corrected chi connectivity index (χ4v) is 4.77. The van der Waals surface area contributed by atoms with Crippen LogP contribution >= 0.6 is 11.3 Å². The molecule has 0 bridgehead atoms. The van der Waals surface area contributed by atoms with E-state index in [1.54, 1.807) is 17.5 Å². The van der Waals surface area contributed by atoms with Gasteiger partial charge < -0.3 is 4.57 Å². The number of aromatic nitrogens is 1. The quantitative estimate of drug-likeness (QED) is 0.886. The molecular weight excluding hydrogens is 304 g/mol. The molecule has 0 saturated heterocycles. The molecule has 0 aliphatic rings. The van der Waals surface area contributed by atoms with Crippen molar-refractivity contribution in [2.24, 2.45) is 0 Å². The van der Waals surface area contributed by atoms with E-state index in [2.05, 4.69) is 43.1 Å². The standard InChI is InChI=1S/C15H22N2O2S2/c1-11(2)17-12(3)10-14(13(17)4)7-8-16-21(18,19)15-6-5-9-20-15/h5-6,9-11,16H,7-8H2,1-4H3. The number of sulfonamides is 1. The van der Waals surface area contributed by atoms with Crippen LogP contribution in [0.1, 0.15) is 36.8 Å². The fraction of sp³-hybridized carbons (Fsp3) is 0.467. The van der Waals surface area contributed by atoms with Gasteiger partial charge in [-0.25, -0.2) is 13.1 Å². The minimum Gasteiger partial charge on any atom is -0.346 e. The summed E-state index contributed by atoms with van der Waals surface area (Å²) in [7, 11) is -3.36. The molecule has 0 unspecified atom stereocenters. The molecule has 0 spiro atoms. The second-order valence-corrected chi connectivity index (χ2v) is 8.38. The van der Waals surface area contributed by atoms with Gasteiger partial charge in [0.15, 0.2) is 0 Å². The van der Waals surface area contributed by atoms with Gasteiger partial charge >= 0.3 is 0 Å². The van der Waals surface area contributed by atoms with Gasteiger partial charge in [0.2, 0.25) is 10.0 Å². The molecule has 2 heterocycles. The molecule has 2 aromatic rings. The maximum atomic E-state index is 12.0. The number of hydrogen-bond donors (Lipinski definition) is 1. The average Bonchev–Trinajstić information content (AvgIpc) is 2.98. The van der Waals surface area contributed by atoms with Gasteiger partial charge in [-0.1, -0.05) is 6.07 Å². The predicted molar refractivity (Wildman–Crippen MR) is 87.5 cm³/mol. The molecule has 0 aromatic carbocycles. The van der Waals surface area contributed by atoms with Gasteiger partial charge in [-0.3, -0.25) is 0 Å². The molecule has 0 aliphatic heterocycles. The third-order valence-corrected chi connectivity index (χ3v) is 6.41. The van der Waals surface area contributed by atoms with Crippen molar-refractivity contribution in [3.05, 3.63) is 40.5 Å². The SMILES string of the molecule is Cc1cc(CCNS(=O)(=O)c2cccs2)c(C)n1C(C)C. The summed E-state index contributed by atoms with van der Waals surface area (Å²) in [6.07, 6.45) is 0.705. The highest BCUT2D eigenvalue weighted by molar-refractivity contribution is 7.91. The number of aryl methyl sites for hydroxylation is 1. The molecule has 6 heteroatoms. The van der Waals surface area contributed by atoms with Gasteiger partial charge in [-0.15, -0.1) is 11.3 Å². The zero-order valence-corrected chi connectivity index (χ0v) is 14.5. The van der Waals surface area contributed by atoms with Gasteiger partial charge in [0.25, 0.3) is 0 Å². The second-order valence-electron chi connectivity index (χ2n) is 5.44. The van der Waals surface area contributed by atoms with Crippen LogP contribution in [-0.4, -0.2) is 19.5 Å². The van der Waals surface area contributed by atoms with Crippen molar-refractivity contribution in [3.8, 4) is 0 Å². The van der Waals surface area contributed by atoms with Crippen LogP contribution in [0.3, 0.4) is 0 Å². The highest BCUT2D eigenvalue weighted by Crippen LogP contribution is 2.20. The Morgan fingerprint density at radius 3 is 2.57 bits per heavy atom. The molecular formula is C15H22N2O2S2. The van der Waals surface area contributed by atoms with Gasteiger partial charge in [-0.05, 0) is 57.2 Å². The average molecular weight is 326 g/mol. The number of nitrogens with one attached hydrogen (secondary N) is 1. The van der Waals surface area contributed by atoms with Crippen molar-refractivity contribution in [3.63, 3.8) is 0 Å². The Balaban J connectivity index is 2.03. The van der Waals surface area contributed by atoms with Crippen molar-refractivity contribution in [1.29, 1.82) is 0 Å². The first-order valence-corrected chi connectivity index (χ1v) is 9.39. The summed E-state index contributed by atoms with van der Waals surface area (Å²) in [6.45, 7) is 8.91. The maximum absolute atomic E-state index is 12.0. The molecule has 0 saturated carbocycles. The van der Waals surface area contributed by atoms with Crippen LogP contribution in [0.25, 0.3) is 0 Å².